The fraction of sp³-hybridized carbons (Fsp3) is 0.439. The summed E-state index contributed by atoms with van der Waals surface area (Å²) in [6.45, 7) is 21.6. The molecule has 2 aromatic carbocycles. The molecule has 0 radical (unpaired) electrons. The molecule has 0 aliphatic carbocycles. The molecule has 1 fully saturated rings. The number of carbonyl (C=O) groups is 2. The number of ether oxygens (including phenoxy) is 2. The van der Waals surface area contributed by atoms with Gasteiger partial charge in [0.05, 0.1) is 25.1 Å². The standard InChI is InChI=1S/C22H32N2O2S.C13H17NO2.C4H7NO.C2H6/c1-6-9-14-26-18(4)16-24(5)22(27-21(17-25)11-7-2)23-20-13-10-12-19(8-3)15-20;1-11-6-5-9-14(11)13(15)16-10-12-7-3-2-4-8-12;1-2-3-5-4-6;1-2/h7,9-10,12-15,21,25H,2,4,6,8,11,16-17H2,1,3,5H3;2-4,7-8,11H,5-6,9-10H2,1H3;2-4H,1H3,(H,5,6);1-2H3/b14-9-,23-22?;;3-2+;/t;11-;;/m.1../s1. The number of aryl methyl sites for hydroxylation is 1. The Hall–Kier alpha value is -4.28. The molecule has 10 heteroatoms. The van der Waals surface area contributed by atoms with Crippen LogP contribution in [0.15, 0.2) is 109 Å². The van der Waals surface area contributed by atoms with E-state index in [1.807, 2.05) is 92.2 Å². The highest BCUT2D eigenvalue weighted by atomic mass is 32.2. The minimum atomic E-state index is -0.186. The number of nitrogens with zero attached hydrogens (tertiary/aromatic N) is 3. The maximum Gasteiger partial charge on any atom is 0.410 e. The van der Waals surface area contributed by atoms with E-state index in [-0.39, 0.29) is 18.0 Å². The molecule has 0 aromatic heterocycles. The molecule has 9 nitrogen and oxygen atoms in total. The average molecular weight is 723 g/mol. The van der Waals surface area contributed by atoms with E-state index >= 15 is 0 Å². The van der Waals surface area contributed by atoms with Gasteiger partial charge in [0.15, 0.2) is 5.17 Å². The fourth-order valence-electron chi connectivity index (χ4n) is 4.41. The summed E-state index contributed by atoms with van der Waals surface area (Å²) in [4.78, 5) is 29.8. The maximum atomic E-state index is 11.7. The Kier molecular flexibility index (Phi) is 28.0. The first-order chi connectivity index (χ1) is 24.7. The van der Waals surface area contributed by atoms with Gasteiger partial charge in [-0.2, -0.15) is 0 Å². The molecule has 2 atom stereocenters. The maximum absolute atomic E-state index is 11.7. The third-order valence-corrected chi connectivity index (χ3v) is 8.37. The molecule has 282 valence electrons. The molecular formula is C41H62N4O5S. The Morgan fingerprint density at radius 3 is 2.43 bits per heavy atom. The van der Waals surface area contributed by atoms with Gasteiger partial charge in [0, 0.05) is 24.9 Å². The average Bonchev–Trinajstić information content (AvgIpc) is 3.60. The molecule has 0 saturated carbocycles. The molecule has 2 N–H and O–H groups in total. The number of rotatable bonds is 15. The van der Waals surface area contributed by atoms with Crippen molar-refractivity contribution in [2.45, 2.75) is 91.5 Å². The number of hydrogen-bond acceptors (Lipinski definition) is 7. The van der Waals surface area contributed by atoms with Crippen molar-refractivity contribution in [3.05, 3.63) is 115 Å². The van der Waals surface area contributed by atoms with Gasteiger partial charge >= 0.3 is 6.09 Å². The van der Waals surface area contributed by atoms with Gasteiger partial charge in [-0.15, -0.1) is 6.58 Å². The molecule has 51 heavy (non-hydrogen) atoms. The van der Waals surface area contributed by atoms with Crippen LogP contribution in [0.1, 0.15) is 78.4 Å². The first kappa shape index (κ1) is 46.7. The Morgan fingerprint density at radius 1 is 1.18 bits per heavy atom. The number of benzene rings is 2. The van der Waals surface area contributed by atoms with Crippen molar-refractivity contribution < 1.29 is 24.2 Å². The van der Waals surface area contributed by atoms with Gasteiger partial charge in [0.1, 0.15) is 12.4 Å². The summed E-state index contributed by atoms with van der Waals surface area (Å²) in [5, 5.41) is 12.8. The van der Waals surface area contributed by atoms with Crippen LogP contribution in [0.3, 0.4) is 0 Å². The zero-order valence-electron chi connectivity index (χ0n) is 31.9. The number of likely N-dealkylation sites (tertiary alicyclic amines) is 1. The highest BCUT2D eigenvalue weighted by Gasteiger charge is 2.26. The van der Waals surface area contributed by atoms with E-state index < -0.39 is 0 Å². The zero-order valence-corrected chi connectivity index (χ0v) is 32.7. The monoisotopic (exact) mass is 722 g/mol. The van der Waals surface area contributed by atoms with E-state index in [0.717, 1.165) is 48.6 Å². The van der Waals surface area contributed by atoms with Crippen molar-refractivity contribution >= 4 is 35.1 Å². The Morgan fingerprint density at radius 2 is 1.88 bits per heavy atom. The second-order valence-corrected chi connectivity index (χ2v) is 12.4. The van der Waals surface area contributed by atoms with Crippen molar-refractivity contribution in [2.24, 2.45) is 4.99 Å². The number of hydrogen-bond donors (Lipinski definition) is 2. The van der Waals surface area contributed by atoms with Crippen molar-refractivity contribution in [2.75, 3.05) is 26.7 Å². The van der Waals surface area contributed by atoms with Crippen molar-refractivity contribution in [1.29, 1.82) is 0 Å². The zero-order chi connectivity index (χ0) is 38.3. The van der Waals surface area contributed by atoms with E-state index in [0.29, 0.717) is 37.8 Å². The minimum Gasteiger partial charge on any atom is -0.468 e. The quantitative estimate of drug-likeness (QED) is 0.0621. The Bertz CT molecular complexity index is 1330. The van der Waals surface area contributed by atoms with Crippen molar-refractivity contribution in [1.82, 2.24) is 15.1 Å². The lowest BCUT2D eigenvalue weighted by molar-refractivity contribution is -0.108. The summed E-state index contributed by atoms with van der Waals surface area (Å²) in [6.07, 6.45) is 13.9. The van der Waals surface area contributed by atoms with Crippen LogP contribution in [-0.2, 0) is 27.3 Å². The fourth-order valence-corrected chi connectivity index (χ4v) is 5.41. The lowest BCUT2D eigenvalue weighted by Crippen LogP contribution is -2.33. The summed E-state index contributed by atoms with van der Waals surface area (Å²) in [5.41, 5.74) is 3.17. The number of aliphatic hydroxyl groups is 1. The predicted octanol–water partition coefficient (Wildman–Crippen LogP) is 9.39. The van der Waals surface area contributed by atoms with Crippen LogP contribution in [0.5, 0.6) is 0 Å². The van der Waals surface area contributed by atoms with E-state index in [9.17, 15) is 14.7 Å². The third-order valence-electron chi connectivity index (χ3n) is 7.08. The van der Waals surface area contributed by atoms with Gasteiger partial charge in [0.2, 0.25) is 6.41 Å². The topological polar surface area (TPSA) is 104 Å². The van der Waals surface area contributed by atoms with Crippen molar-refractivity contribution in [3.63, 3.8) is 0 Å². The second-order valence-electron chi connectivity index (χ2n) is 11.2. The summed E-state index contributed by atoms with van der Waals surface area (Å²) in [7, 11) is 1.95. The Balaban J connectivity index is 0.000000871. The normalized spacial score (nSPS) is 14.2. The van der Waals surface area contributed by atoms with Crippen molar-refractivity contribution in [3.8, 4) is 0 Å². The largest absolute Gasteiger partial charge is 0.468 e. The molecule has 1 heterocycles. The van der Waals surface area contributed by atoms with E-state index in [4.69, 9.17) is 14.5 Å². The van der Waals surface area contributed by atoms with Gasteiger partial charge in [-0.1, -0.05) is 101 Å². The number of aliphatic hydroxyl groups excluding tert-OH is 1. The highest BCUT2D eigenvalue weighted by Crippen LogP contribution is 2.24. The van der Waals surface area contributed by atoms with Crippen LogP contribution in [0.25, 0.3) is 0 Å². The van der Waals surface area contributed by atoms with Gasteiger partial charge in [-0.05, 0) is 81.5 Å². The number of thioether (sulfide) groups is 1. The van der Waals surface area contributed by atoms with Crippen LogP contribution >= 0.6 is 11.8 Å². The number of aliphatic imine (C=N–C) groups is 1. The highest BCUT2D eigenvalue weighted by molar-refractivity contribution is 8.14. The predicted molar refractivity (Wildman–Crippen MR) is 216 cm³/mol. The molecule has 3 rings (SSSR count). The van der Waals surface area contributed by atoms with Crippen LogP contribution in [0.2, 0.25) is 0 Å². The number of amidine groups is 1. The van der Waals surface area contributed by atoms with Gasteiger partial charge in [0.25, 0.3) is 0 Å². The summed E-state index contributed by atoms with van der Waals surface area (Å²) >= 11 is 1.54. The van der Waals surface area contributed by atoms with Gasteiger partial charge in [-0.3, -0.25) is 4.79 Å². The lowest BCUT2D eigenvalue weighted by Gasteiger charge is -2.24. The second kappa shape index (κ2) is 30.5. The summed E-state index contributed by atoms with van der Waals surface area (Å²) < 4.78 is 10.8. The summed E-state index contributed by atoms with van der Waals surface area (Å²) in [5.74, 6) is 0.641. The molecule has 1 aliphatic rings. The van der Waals surface area contributed by atoms with E-state index in [1.165, 1.54) is 5.56 Å². The molecule has 1 aliphatic heterocycles. The summed E-state index contributed by atoms with van der Waals surface area (Å²) in [6, 6.07) is 18.3. The molecular weight excluding hydrogens is 661 g/mol. The smallest absolute Gasteiger partial charge is 0.410 e. The van der Waals surface area contributed by atoms with Crippen LogP contribution < -0.4 is 5.32 Å². The van der Waals surface area contributed by atoms with Crippen LogP contribution in [0.4, 0.5) is 10.5 Å². The molecule has 0 bridgehead atoms. The van der Waals surface area contributed by atoms with Crippen LogP contribution in [-0.4, -0.2) is 70.6 Å². The molecule has 0 spiro atoms. The minimum absolute atomic E-state index is 0.00669. The molecule has 1 saturated heterocycles. The number of nitrogens with one attached hydrogen (secondary N) is 1. The van der Waals surface area contributed by atoms with E-state index in [2.05, 4.69) is 51.4 Å². The third kappa shape index (κ3) is 21.5. The van der Waals surface area contributed by atoms with E-state index in [1.54, 1.807) is 30.3 Å². The number of carbonyl (C=O) groups excluding carboxylic acids is 2. The van der Waals surface area contributed by atoms with Gasteiger partial charge in [-0.25, -0.2) is 9.79 Å². The lowest BCUT2D eigenvalue weighted by atomic mass is 10.1. The Labute approximate surface area is 312 Å². The molecule has 2 amide bonds. The molecule has 1 unspecified atom stereocenters. The SMILES string of the molecule is C/C=C/NC=O.C=CCC(CO)SC(=Nc1cccc(CC)c1)N(C)CC(=C)O/C=C\CC.CC.C[C@@H]1CCCN1C(=O)OCc1ccccc1. The number of likely N-dealkylation sites (N-methyl/N-ethyl adjacent to an activating group) is 1. The first-order valence-corrected chi connectivity index (χ1v) is 18.6. The van der Waals surface area contributed by atoms with Crippen LogP contribution in [0, 0.1) is 0 Å². The number of amides is 2. The van der Waals surface area contributed by atoms with Gasteiger partial charge < -0.3 is 29.7 Å². The first-order valence-electron chi connectivity index (χ1n) is 17.8. The number of allylic oxidation sites excluding steroid dienone is 3. The molecule has 2 aromatic rings.